The lowest BCUT2D eigenvalue weighted by molar-refractivity contribution is 0.406. The topological polar surface area (TPSA) is 41.5 Å². The van der Waals surface area contributed by atoms with Crippen molar-refractivity contribution in [3.63, 3.8) is 0 Å². The third kappa shape index (κ3) is 3.50. The third-order valence-corrected chi connectivity index (χ3v) is 3.39. The molecule has 0 heterocycles. The minimum Gasteiger partial charge on any atom is -0.507 e. The molecule has 1 atom stereocenters. The van der Waals surface area contributed by atoms with Crippen molar-refractivity contribution >= 4 is 28.9 Å². The monoisotopic (exact) mass is 311 g/mol. The number of rotatable bonds is 4. The van der Waals surface area contributed by atoms with Gasteiger partial charge in [0.15, 0.2) is 0 Å². The molecule has 2 aromatic carbocycles. The van der Waals surface area contributed by atoms with E-state index in [4.69, 9.17) is 27.9 Å². The normalized spacial score (nSPS) is 12.0. The van der Waals surface area contributed by atoms with Crippen molar-refractivity contribution in [3.8, 4) is 11.5 Å². The zero-order valence-electron chi connectivity index (χ0n) is 11.2. The summed E-state index contributed by atoms with van der Waals surface area (Å²) < 4.78 is 5.06. The van der Waals surface area contributed by atoms with Gasteiger partial charge in [0.25, 0.3) is 0 Å². The SMILES string of the molecule is COc1ccc(C(C)Nc2cc(Cl)cc(Cl)c2)c(O)c1. The van der Waals surface area contributed by atoms with Gasteiger partial charge >= 0.3 is 0 Å². The zero-order chi connectivity index (χ0) is 14.7. The van der Waals surface area contributed by atoms with Gasteiger partial charge in [0.05, 0.1) is 13.2 Å². The van der Waals surface area contributed by atoms with E-state index in [-0.39, 0.29) is 11.8 Å². The highest BCUT2D eigenvalue weighted by molar-refractivity contribution is 6.35. The van der Waals surface area contributed by atoms with Gasteiger partial charge in [-0.25, -0.2) is 0 Å². The van der Waals surface area contributed by atoms with E-state index in [1.807, 2.05) is 13.0 Å². The number of hydrogen-bond donors (Lipinski definition) is 2. The molecular weight excluding hydrogens is 297 g/mol. The Morgan fingerprint density at radius 3 is 2.30 bits per heavy atom. The summed E-state index contributed by atoms with van der Waals surface area (Å²) in [5, 5.41) is 14.4. The van der Waals surface area contributed by atoms with Gasteiger partial charge < -0.3 is 15.2 Å². The van der Waals surface area contributed by atoms with E-state index in [2.05, 4.69) is 5.32 Å². The van der Waals surface area contributed by atoms with Crippen molar-refractivity contribution in [2.24, 2.45) is 0 Å². The summed E-state index contributed by atoms with van der Waals surface area (Å²) in [7, 11) is 1.56. The maximum Gasteiger partial charge on any atom is 0.124 e. The number of hydrogen-bond acceptors (Lipinski definition) is 3. The molecule has 0 spiro atoms. The van der Waals surface area contributed by atoms with Gasteiger partial charge in [-0.3, -0.25) is 0 Å². The highest BCUT2D eigenvalue weighted by Gasteiger charge is 2.11. The van der Waals surface area contributed by atoms with Gasteiger partial charge in [0, 0.05) is 27.4 Å². The van der Waals surface area contributed by atoms with Crippen LogP contribution in [0.15, 0.2) is 36.4 Å². The Kier molecular flexibility index (Phi) is 4.63. The maximum absolute atomic E-state index is 10.0. The van der Waals surface area contributed by atoms with Crippen LogP contribution >= 0.6 is 23.2 Å². The molecule has 0 saturated carbocycles. The second-order valence-corrected chi connectivity index (χ2v) is 5.32. The predicted molar refractivity (Wildman–Crippen MR) is 83.2 cm³/mol. The predicted octanol–water partition coefficient (Wildman–Crippen LogP) is 4.88. The summed E-state index contributed by atoms with van der Waals surface area (Å²) in [6.45, 7) is 1.94. The molecular formula is C15H15Cl2NO2. The summed E-state index contributed by atoms with van der Waals surface area (Å²) in [4.78, 5) is 0. The Morgan fingerprint density at radius 2 is 1.75 bits per heavy atom. The fraction of sp³-hybridized carbons (Fsp3) is 0.200. The van der Waals surface area contributed by atoms with Crippen LogP contribution in [-0.4, -0.2) is 12.2 Å². The number of ether oxygens (including phenoxy) is 1. The number of aromatic hydroxyl groups is 1. The van der Waals surface area contributed by atoms with E-state index in [1.54, 1.807) is 37.4 Å². The molecule has 0 aliphatic heterocycles. The Bertz CT molecular complexity index is 597. The van der Waals surface area contributed by atoms with Crippen LogP contribution in [0.3, 0.4) is 0 Å². The van der Waals surface area contributed by atoms with Crippen LogP contribution in [0, 0.1) is 0 Å². The Hall–Kier alpha value is -1.58. The van der Waals surface area contributed by atoms with Gasteiger partial charge in [0.1, 0.15) is 11.5 Å². The Balaban J connectivity index is 2.21. The number of nitrogens with one attached hydrogen (secondary N) is 1. The Morgan fingerprint density at radius 1 is 1.10 bits per heavy atom. The van der Waals surface area contributed by atoms with Gasteiger partial charge in [0.2, 0.25) is 0 Å². The van der Waals surface area contributed by atoms with Crippen LogP contribution < -0.4 is 10.1 Å². The van der Waals surface area contributed by atoms with Gasteiger partial charge in [-0.05, 0) is 37.3 Å². The molecule has 5 heteroatoms. The lowest BCUT2D eigenvalue weighted by atomic mass is 10.1. The molecule has 0 aromatic heterocycles. The highest BCUT2D eigenvalue weighted by Crippen LogP contribution is 2.31. The molecule has 2 rings (SSSR count). The van der Waals surface area contributed by atoms with Gasteiger partial charge in [-0.1, -0.05) is 23.2 Å². The smallest absolute Gasteiger partial charge is 0.124 e. The molecule has 0 amide bonds. The second kappa shape index (κ2) is 6.25. The molecule has 106 valence electrons. The fourth-order valence-electron chi connectivity index (χ4n) is 1.98. The van der Waals surface area contributed by atoms with Crippen molar-refractivity contribution in [2.45, 2.75) is 13.0 Å². The van der Waals surface area contributed by atoms with E-state index in [9.17, 15) is 5.11 Å². The first-order chi connectivity index (χ1) is 9.49. The molecule has 0 fully saturated rings. The number of phenols is 1. The lowest BCUT2D eigenvalue weighted by Gasteiger charge is -2.18. The molecule has 2 aromatic rings. The summed E-state index contributed by atoms with van der Waals surface area (Å²) in [5.41, 5.74) is 1.56. The largest absolute Gasteiger partial charge is 0.507 e. The standard InChI is InChI=1S/C15H15Cl2NO2/c1-9(14-4-3-13(20-2)8-15(14)19)18-12-6-10(16)5-11(17)7-12/h3-9,18-19H,1-2H3. The molecule has 0 aliphatic carbocycles. The third-order valence-electron chi connectivity index (χ3n) is 2.95. The first kappa shape index (κ1) is 14.8. The molecule has 1 unspecified atom stereocenters. The summed E-state index contributed by atoms with van der Waals surface area (Å²) in [6.07, 6.45) is 0. The highest BCUT2D eigenvalue weighted by atomic mass is 35.5. The fourth-order valence-corrected chi connectivity index (χ4v) is 2.51. The van der Waals surface area contributed by atoms with Crippen LogP contribution in [0.25, 0.3) is 0 Å². The van der Waals surface area contributed by atoms with Crippen LogP contribution in [-0.2, 0) is 0 Å². The van der Waals surface area contributed by atoms with Gasteiger partial charge in [-0.15, -0.1) is 0 Å². The van der Waals surface area contributed by atoms with Crippen LogP contribution in [0.1, 0.15) is 18.5 Å². The maximum atomic E-state index is 10.0. The minimum absolute atomic E-state index is 0.101. The van der Waals surface area contributed by atoms with E-state index >= 15 is 0 Å². The van der Waals surface area contributed by atoms with Crippen molar-refractivity contribution in [2.75, 3.05) is 12.4 Å². The molecule has 2 N–H and O–H groups in total. The van der Waals surface area contributed by atoms with Crippen LogP contribution in [0.2, 0.25) is 10.0 Å². The molecule has 0 saturated heterocycles. The van der Waals surface area contributed by atoms with Crippen LogP contribution in [0.4, 0.5) is 5.69 Å². The molecule has 3 nitrogen and oxygen atoms in total. The van der Waals surface area contributed by atoms with Crippen molar-refractivity contribution in [1.82, 2.24) is 0 Å². The molecule has 20 heavy (non-hydrogen) atoms. The molecule has 0 bridgehead atoms. The zero-order valence-corrected chi connectivity index (χ0v) is 12.7. The minimum atomic E-state index is -0.101. The number of anilines is 1. The number of methoxy groups -OCH3 is 1. The number of benzene rings is 2. The van der Waals surface area contributed by atoms with Crippen molar-refractivity contribution in [3.05, 3.63) is 52.0 Å². The Labute approximate surface area is 128 Å². The van der Waals surface area contributed by atoms with Crippen LogP contribution in [0.5, 0.6) is 11.5 Å². The van der Waals surface area contributed by atoms with E-state index < -0.39 is 0 Å². The van der Waals surface area contributed by atoms with Gasteiger partial charge in [-0.2, -0.15) is 0 Å². The summed E-state index contributed by atoms with van der Waals surface area (Å²) >= 11 is 11.9. The van der Waals surface area contributed by atoms with E-state index in [1.165, 1.54) is 0 Å². The molecule has 0 radical (unpaired) electrons. The quantitative estimate of drug-likeness (QED) is 0.845. The van der Waals surface area contributed by atoms with Crippen molar-refractivity contribution in [1.29, 1.82) is 0 Å². The summed E-state index contributed by atoms with van der Waals surface area (Å²) in [6, 6.07) is 10.3. The van der Waals surface area contributed by atoms with E-state index in [0.29, 0.717) is 15.8 Å². The number of phenolic OH excluding ortho intramolecular Hbond substituents is 1. The number of halogens is 2. The van der Waals surface area contributed by atoms with E-state index in [0.717, 1.165) is 11.3 Å². The first-order valence-corrected chi connectivity index (χ1v) is 6.84. The second-order valence-electron chi connectivity index (χ2n) is 4.45. The lowest BCUT2D eigenvalue weighted by Crippen LogP contribution is -2.07. The summed E-state index contributed by atoms with van der Waals surface area (Å²) in [5.74, 6) is 0.793. The molecule has 0 aliphatic rings. The first-order valence-electron chi connectivity index (χ1n) is 6.09. The average molecular weight is 312 g/mol. The average Bonchev–Trinajstić information content (AvgIpc) is 2.36. The van der Waals surface area contributed by atoms with Crippen molar-refractivity contribution < 1.29 is 9.84 Å².